The van der Waals surface area contributed by atoms with E-state index in [-0.39, 0.29) is 13.0 Å². The van der Waals surface area contributed by atoms with Gasteiger partial charge in [-0.1, -0.05) is 24.3 Å². The minimum atomic E-state index is -4.45. The molecule has 0 radical (unpaired) electrons. The van der Waals surface area contributed by atoms with E-state index in [4.69, 9.17) is 4.74 Å². The van der Waals surface area contributed by atoms with Crippen LogP contribution in [0.4, 0.5) is 17.6 Å². The van der Waals surface area contributed by atoms with Crippen LogP contribution in [-0.2, 0) is 27.5 Å². The standard InChI is InChI=1S/C26H23F4N3O2S/c1-4-35-24(34)25(2,15-16-6-5-7-19(27)14-16)20-12-13-31-22-21(23(36-3)32-33(20)22)17-8-10-18(11-9-17)26(28,29)30/h5-14H,4,15H2,1-3H3. The number of halogens is 4. The van der Waals surface area contributed by atoms with Gasteiger partial charge in [-0.25, -0.2) is 13.9 Å². The Balaban J connectivity index is 1.90. The van der Waals surface area contributed by atoms with E-state index in [2.05, 4.69) is 10.1 Å². The first-order valence-electron chi connectivity index (χ1n) is 11.1. The van der Waals surface area contributed by atoms with Crippen molar-refractivity contribution >= 4 is 23.4 Å². The van der Waals surface area contributed by atoms with Crippen LogP contribution in [0.2, 0.25) is 0 Å². The molecular formula is C26H23F4N3O2S. The van der Waals surface area contributed by atoms with E-state index in [0.29, 0.717) is 33.1 Å². The third-order valence-corrected chi connectivity index (χ3v) is 6.59. The molecule has 10 heteroatoms. The minimum Gasteiger partial charge on any atom is -0.465 e. The number of esters is 1. The monoisotopic (exact) mass is 517 g/mol. The lowest BCUT2D eigenvalue weighted by Crippen LogP contribution is -2.38. The zero-order chi connectivity index (χ0) is 26.1. The summed E-state index contributed by atoms with van der Waals surface area (Å²) < 4.78 is 60.1. The van der Waals surface area contributed by atoms with E-state index in [1.807, 2.05) is 0 Å². The first kappa shape index (κ1) is 25.7. The molecule has 2 heterocycles. The highest BCUT2D eigenvalue weighted by atomic mass is 32.2. The molecule has 4 rings (SSSR count). The van der Waals surface area contributed by atoms with Crippen LogP contribution in [-0.4, -0.2) is 33.4 Å². The number of hydrogen-bond donors (Lipinski definition) is 0. The summed E-state index contributed by atoms with van der Waals surface area (Å²) in [5.74, 6) is -0.939. The Morgan fingerprint density at radius 1 is 1.11 bits per heavy atom. The highest BCUT2D eigenvalue weighted by molar-refractivity contribution is 7.98. The van der Waals surface area contributed by atoms with E-state index in [9.17, 15) is 22.4 Å². The van der Waals surface area contributed by atoms with Gasteiger partial charge in [0.1, 0.15) is 16.3 Å². The van der Waals surface area contributed by atoms with Crippen LogP contribution in [0.5, 0.6) is 0 Å². The van der Waals surface area contributed by atoms with Gasteiger partial charge in [0.15, 0.2) is 5.65 Å². The molecule has 0 fully saturated rings. The number of carbonyl (C=O) groups excluding carboxylic acids is 1. The van der Waals surface area contributed by atoms with Crippen LogP contribution in [0, 0.1) is 5.82 Å². The molecule has 36 heavy (non-hydrogen) atoms. The number of rotatable bonds is 7. The van der Waals surface area contributed by atoms with Crippen LogP contribution in [0.3, 0.4) is 0 Å². The molecule has 0 N–H and O–H groups in total. The molecule has 0 aliphatic heterocycles. The van der Waals surface area contributed by atoms with E-state index < -0.39 is 28.9 Å². The average Bonchev–Trinajstić information content (AvgIpc) is 3.22. The van der Waals surface area contributed by atoms with Gasteiger partial charge in [0.05, 0.1) is 23.4 Å². The molecule has 2 aromatic heterocycles. The number of benzene rings is 2. The first-order valence-corrected chi connectivity index (χ1v) is 12.3. The molecule has 0 aliphatic rings. The van der Waals surface area contributed by atoms with Gasteiger partial charge in [0, 0.05) is 6.20 Å². The molecule has 1 unspecified atom stereocenters. The average molecular weight is 518 g/mol. The summed E-state index contributed by atoms with van der Waals surface area (Å²) in [5.41, 5.74) is 0.479. The lowest BCUT2D eigenvalue weighted by molar-refractivity contribution is -0.149. The third kappa shape index (κ3) is 4.82. The number of hydrogen-bond acceptors (Lipinski definition) is 5. The fourth-order valence-electron chi connectivity index (χ4n) is 4.18. The molecule has 1 atom stereocenters. The smallest absolute Gasteiger partial charge is 0.416 e. The Kier molecular flexibility index (Phi) is 7.08. The molecule has 2 aromatic carbocycles. The lowest BCUT2D eigenvalue weighted by Gasteiger charge is -2.28. The van der Waals surface area contributed by atoms with Crippen molar-refractivity contribution < 1.29 is 27.1 Å². The van der Waals surface area contributed by atoms with Crippen LogP contribution in [0.15, 0.2) is 65.8 Å². The second-order valence-corrected chi connectivity index (χ2v) is 9.18. The Morgan fingerprint density at radius 2 is 1.83 bits per heavy atom. The van der Waals surface area contributed by atoms with Gasteiger partial charge >= 0.3 is 12.1 Å². The molecule has 0 saturated carbocycles. The summed E-state index contributed by atoms with van der Waals surface area (Å²) in [6.45, 7) is 3.55. The van der Waals surface area contributed by atoms with Gasteiger partial charge in [0.2, 0.25) is 0 Å². The van der Waals surface area contributed by atoms with Gasteiger partial charge < -0.3 is 4.74 Å². The maximum atomic E-state index is 13.9. The van der Waals surface area contributed by atoms with Crippen LogP contribution >= 0.6 is 11.8 Å². The zero-order valence-electron chi connectivity index (χ0n) is 19.8. The Labute approximate surface area is 209 Å². The van der Waals surface area contributed by atoms with Crippen molar-refractivity contribution in [2.24, 2.45) is 0 Å². The summed E-state index contributed by atoms with van der Waals surface area (Å²) in [5, 5.41) is 5.19. The molecule has 0 bridgehead atoms. The highest BCUT2D eigenvalue weighted by Crippen LogP contribution is 2.38. The lowest BCUT2D eigenvalue weighted by atomic mass is 9.80. The van der Waals surface area contributed by atoms with Crippen LogP contribution < -0.4 is 0 Å². The number of thioether (sulfide) groups is 1. The predicted octanol–water partition coefficient (Wildman–Crippen LogP) is 6.34. The molecule has 0 amide bonds. The van der Waals surface area contributed by atoms with Crippen molar-refractivity contribution in [1.82, 2.24) is 14.6 Å². The first-order chi connectivity index (χ1) is 17.1. The topological polar surface area (TPSA) is 56.5 Å². The quantitative estimate of drug-likeness (QED) is 0.163. The number of aromatic nitrogens is 3. The van der Waals surface area contributed by atoms with Crippen molar-refractivity contribution in [3.63, 3.8) is 0 Å². The Hall–Kier alpha value is -3.40. The number of fused-ring (bicyclic) bond motifs is 1. The fourth-order valence-corrected chi connectivity index (χ4v) is 4.75. The summed E-state index contributed by atoms with van der Waals surface area (Å²) in [7, 11) is 0. The molecular weight excluding hydrogens is 494 g/mol. The van der Waals surface area contributed by atoms with Gasteiger partial charge in [-0.05, 0) is 68.0 Å². The summed E-state index contributed by atoms with van der Waals surface area (Å²) in [4.78, 5) is 17.7. The van der Waals surface area contributed by atoms with Crippen molar-refractivity contribution in [2.45, 2.75) is 36.9 Å². The van der Waals surface area contributed by atoms with Crippen LogP contribution in [0.1, 0.15) is 30.7 Å². The SMILES string of the molecule is CCOC(=O)C(C)(Cc1cccc(F)c1)c1ccnc2c(-c3ccc(C(F)(F)F)cc3)c(SC)nn12. The van der Waals surface area contributed by atoms with E-state index >= 15 is 0 Å². The van der Waals surface area contributed by atoms with E-state index in [0.717, 1.165) is 12.1 Å². The van der Waals surface area contributed by atoms with E-state index in [1.165, 1.54) is 46.7 Å². The summed E-state index contributed by atoms with van der Waals surface area (Å²) >= 11 is 1.31. The summed E-state index contributed by atoms with van der Waals surface area (Å²) in [6.07, 6.45) is -1.00. The maximum absolute atomic E-state index is 13.9. The van der Waals surface area contributed by atoms with Crippen LogP contribution in [0.25, 0.3) is 16.8 Å². The fraction of sp³-hybridized carbons (Fsp3) is 0.269. The third-order valence-electron chi connectivity index (χ3n) is 5.92. The zero-order valence-corrected chi connectivity index (χ0v) is 20.6. The summed E-state index contributed by atoms with van der Waals surface area (Å²) in [6, 6.07) is 12.4. The largest absolute Gasteiger partial charge is 0.465 e. The number of ether oxygens (including phenoxy) is 1. The van der Waals surface area contributed by atoms with Crippen molar-refractivity contribution in [3.05, 3.63) is 83.4 Å². The second-order valence-electron chi connectivity index (χ2n) is 8.38. The normalized spacial score (nSPS) is 13.5. The molecule has 5 nitrogen and oxygen atoms in total. The molecule has 0 aliphatic carbocycles. The van der Waals surface area contributed by atoms with Gasteiger partial charge in [-0.15, -0.1) is 11.8 Å². The number of carbonyl (C=O) groups is 1. The Bertz CT molecular complexity index is 1400. The predicted molar refractivity (Wildman–Crippen MR) is 129 cm³/mol. The van der Waals surface area contributed by atoms with Gasteiger partial charge in [-0.2, -0.15) is 18.3 Å². The minimum absolute atomic E-state index is 0.132. The second kappa shape index (κ2) is 9.93. The van der Waals surface area contributed by atoms with Crippen molar-refractivity contribution in [3.8, 4) is 11.1 Å². The number of nitrogens with zero attached hydrogens (tertiary/aromatic N) is 3. The van der Waals surface area contributed by atoms with Crippen molar-refractivity contribution in [1.29, 1.82) is 0 Å². The van der Waals surface area contributed by atoms with Gasteiger partial charge in [0.25, 0.3) is 0 Å². The van der Waals surface area contributed by atoms with E-state index in [1.54, 1.807) is 38.3 Å². The molecule has 0 spiro atoms. The van der Waals surface area contributed by atoms with Crippen molar-refractivity contribution in [2.75, 3.05) is 12.9 Å². The number of alkyl halides is 3. The van der Waals surface area contributed by atoms with Gasteiger partial charge in [-0.3, -0.25) is 4.79 Å². The Morgan fingerprint density at radius 3 is 2.44 bits per heavy atom. The molecule has 4 aromatic rings. The molecule has 188 valence electrons. The highest BCUT2D eigenvalue weighted by Gasteiger charge is 2.40. The molecule has 0 saturated heterocycles. The maximum Gasteiger partial charge on any atom is 0.416 e.